The number of nitrogens with zero attached hydrogens (tertiary/aromatic N) is 2. The number of ether oxygens (including phenoxy) is 2. The summed E-state index contributed by atoms with van der Waals surface area (Å²) in [5, 5.41) is 3.20. The van der Waals surface area contributed by atoms with Gasteiger partial charge in [-0.3, -0.25) is 4.98 Å². The summed E-state index contributed by atoms with van der Waals surface area (Å²) in [6.45, 7) is 0. The molecule has 1 aromatic heterocycles. The molecular weight excluding hydrogens is 222 g/mol. The smallest absolute Gasteiger partial charge is 0.358 e. The Labute approximate surface area is 99.4 Å². The average Bonchev–Trinajstić information content (AvgIpc) is 2.32. The van der Waals surface area contributed by atoms with Crippen LogP contribution in [0.2, 0.25) is 0 Å². The molecule has 6 nitrogen and oxygen atoms in total. The molecule has 0 atom stereocenters. The zero-order valence-corrected chi connectivity index (χ0v) is 9.84. The van der Waals surface area contributed by atoms with Crippen LogP contribution in [0, 0.1) is 0 Å². The maximum absolute atomic E-state index is 11.3. The van der Waals surface area contributed by atoms with Gasteiger partial charge in [0.15, 0.2) is 5.69 Å². The third-order valence-corrected chi connectivity index (χ3v) is 2.81. The normalized spacial score (nSPS) is 22.7. The molecule has 6 heteroatoms. The predicted octanol–water partition coefficient (Wildman–Crippen LogP) is 0.852. The molecule has 0 aromatic carbocycles. The van der Waals surface area contributed by atoms with Gasteiger partial charge in [0.25, 0.3) is 0 Å². The lowest BCUT2D eigenvalue weighted by molar-refractivity contribution is 0.0327. The lowest BCUT2D eigenvalue weighted by Crippen LogP contribution is -2.40. The van der Waals surface area contributed by atoms with Crippen molar-refractivity contribution in [2.45, 2.75) is 25.0 Å². The molecular formula is C11H15N3O3. The molecule has 0 amide bonds. The van der Waals surface area contributed by atoms with E-state index in [1.54, 1.807) is 13.3 Å². The third-order valence-electron chi connectivity index (χ3n) is 2.81. The average molecular weight is 237 g/mol. The van der Waals surface area contributed by atoms with Gasteiger partial charge in [-0.05, 0) is 12.8 Å². The van der Waals surface area contributed by atoms with Crippen LogP contribution in [0.5, 0.6) is 0 Å². The summed E-state index contributed by atoms with van der Waals surface area (Å²) < 4.78 is 9.77. The molecule has 17 heavy (non-hydrogen) atoms. The molecule has 1 aliphatic carbocycles. The van der Waals surface area contributed by atoms with Crippen molar-refractivity contribution in [1.29, 1.82) is 0 Å². The zero-order valence-electron chi connectivity index (χ0n) is 9.84. The number of rotatable bonds is 4. The van der Waals surface area contributed by atoms with Crippen LogP contribution in [0.1, 0.15) is 23.3 Å². The van der Waals surface area contributed by atoms with Gasteiger partial charge in [-0.1, -0.05) is 0 Å². The molecule has 1 saturated carbocycles. The monoisotopic (exact) mass is 237 g/mol. The van der Waals surface area contributed by atoms with E-state index >= 15 is 0 Å². The quantitative estimate of drug-likeness (QED) is 0.783. The Hall–Kier alpha value is -1.69. The topological polar surface area (TPSA) is 73.3 Å². The summed E-state index contributed by atoms with van der Waals surface area (Å²) in [6, 6.07) is 0.335. The molecule has 1 aliphatic rings. The van der Waals surface area contributed by atoms with E-state index < -0.39 is 5.97 Å². The Bertz CT molecular complexity index is 405. The van der Waals surface area contributed by atoms with E-state index in [1.807, 2.05) is 0 Å². The fraction of sp³-hybridized carbons (Fsp3) is 0.545. The van der Waals surface area contributed by atoms with E-state index in [9.17, 15) is 4.79 Å². The van der Waals surface area contributed by atoms with Crippen LogP contribution in [0.3, 0.4) is 0 Å². The Morgan fingerprint density at radius 2 is 2.18 bits per heavy atom. The van der Waals surface area contributed by atoms with Crippen LogP contribution in [-0.2, 0) is 9.47 Å². The maximum atomic E-state index is 11.3. The highest BCUT2D eigenvalue weighted by Crippen LogP contribution is 2.25. The van der Waals surface area contributed by atoms with Crippen LogP contribution in [0.4, 0.5) is 5.82 Å². The molecule has 1 fully saturated rings. The van der Waals surface area contributed by atoms with E-state index in [0.29, 0.717) is 18.0 Å². The highest BCUT2D eigenvalue weighted by atomic mass is 16.5. The molecule has 1 aromatic rings. The van der Waals surface area contributed by atoms with Crippen molar-refractivity contribution >= 4 is 11.8 Å². The molecule has 1 heterocycles. The van der Waals surface area contributed by atoms with Crippen molar-refractivity contribution in [2.24, 2.45) is 0 Å². The molecule has 0 aliphatic heterocycles. The number of methoxy groups -OCH3 is 2. The lowest BCUT2D eigenvalue weighted by atomic mass is 9.89. The largest absolute Gasteiger partial charge is 0.464 e. The van der Waals surface area contributed by atoms with E-state index in [-0.39, 0.29) is 5.69 Å². The summed E-state index contributed by atoms with van der Waals surface area (Å²) in [4.78, 5) is 19.3. The second kappa shape index (κ2) is 5.09. The Kier molecular flexibility index (Phi) is 3.53. The van der Waals surface area contributed by atoms with Crippen molar-refractivity contribution in [3.8, 4) is 0 Å². The van der Waals surface area contributed by atoms with Gasteiger partial charge >= 0.3 is 5.97 Å². The van der Waals surface area contributed by atoms with E-state index in [1.165, 1.54) is 13.3 Å². The van der Waals surface area contributed by atoms with E-state index in [2.05, 4.69) is 20.0 Å². The van der Waals surface area contributed by atoms with Gasteiger partial charge in [-0.15, -0.1) is 0 Å². The summed E-state index contributed by atoms with van der Waals surface area (Å²) in [5.41, 5.74) is 0.208. The number of hydrogen-bond acceptors (Lipinski definition) is 6. The van der Waals surface area contributed by atoms with Gasteiger partial charge in [0.1, 0.15) is 5.82 Å². The number of anilines is 1. The highest BCUT2D eigenvalue weighted by Gasteiger charge is 2.29. The second-order valence-electron chi connectivity index (χ2n) is 3.95. The van der Waals surface area contributed by atoms with Gasteiger partial charge in [0, 0.05) is 13.2 Å². The van der Waals surface area contributed by atoms with Gasteiger partial charge in [-0.25, -0.2) is 9.78 Å². The molecule has 0 radical (unpaired) electrons. The van der Waals surface area contributed by atoms with Crippen molar-refractivity contribution < 1.29 is 14.3 Å². The van der Waals surface area contributed by atoms with Crippen LogP contribution in [-0.4, -0.2) is 42.3 Å². The molecule has 0 saturated heterocycles. The molecule has 0 unspecified atom stereocenters. The van der Waals surface area contributed by atoms with Gasteiger partial charge in [0.05, 0.1) is 25.6 Å². The Morgan fingerprint density at radius 1 is 1.41 bits per heavy atom. The van der Waals surface area contributed by atoms with Gasteiger partial charge < -0.3 is 14.8 Å². The number of esters is 1. The first kappa shape index (κ1) is 11.8. The van der Waals surface area contributed by atoms with Crippen molar-refractivity contribution in [1.82, 2.24) is 9.97 Å². The molecule has 2 rings (SSSR count). The number of carbonyl (C=O) groups excluding carboxylic acids is 1. The predicted molar refractivity (Wildman–Crippen MR) is 60.8 cm³/mol. The second-order valence-corrected chi connectivity index (χ2v) is 3.95. The van der Waals surface area contributed by atoms with Gasteiger partial charge in [-0.2, -0.15) is 0 Å². The van der Waals surface area contributed by atoms with E-state index in [4.69, 9.17) is 4.74 Å². The van der Waals surface area contributed by atoms with Crippen molar-refractivity contribution in [3.05, 3.63) is 18.1 Å². The van der Waals surface area contributed by atoms with Crippen molar-refractivity contribution in [3.63, 3.8) is 0 Å². The first-order valence-corrected chi connectivity index (χ1v) is 5.42. The first-order valence-electron chi connectivity index (χ1n) is 5.42. The highest BCUT2D eigenvalue weighted by molar-refractivity contribution is 5.87. The third kappa shape index (κ3) is 2.71. The minimum atomic E-state index is -0.482. The SMILES string of the molecule is COC(=O)c1cncc(NC2CC(OC)C2)n1. The number of aromatic nitrogens is 2. The summed E-state index contributed by atoms with van der Waals surface area (Å²) in [7, 11) is 3.03. The van der Waals surface area contributed by atoms with Crippen molar-refractivity contribution in [2.75, 3.05) is 19.5 Å². The van der Waals surface area contributed by atoms with Crippen LogP contribution < -0.4 is 5.32 Å². The zero-order chi connectivity index (χ0) is 12.3. The summed E-state index contributed by atoms with van der Waals surface area (Å²) in [6.07, 6.45) is 5.19. The van der Waals surface area contributed by atoms with E-state index in [0.717, 1.165) is 12.8 Å². The number of carbonyl (C=O) groups is 1. The minimum absolute atomic E-state index is 0.208. The lowest BCUT2D eigenvalue weighted by Gasteiger charge is -2.34. The Morgan fingerprint density at radius 3 is 2.82 bits per heavy atom. The van der Waals surface area contributed by atoms with Crippen LogP contribution >= 0.6 is 0 Å². The van der Waals surface area contributed by atoms with Gasteiger partial charge in [0.2, 0.25) is 0 Å². The van der Waals surface area contributed by atoms with Crippen LogP contribution in [0.15, 0.2) is 12.4 Å². The first-order chi connectivity index (χ1) is 8.22. The fourth-order valence-corrected chi connectivity index (χ4v) is 1.72. The minimum Gasteiger partial charge on any atom is -0.464 e. The standard InChI is InChI=1S/C11H15N3O3/c1-16-8-3-7(4-8)13-10-6-12-5-9(14-10)11(15)17-2/h5-8H,3-4H2,1-2H3,(H,13,14). The number of nitrogens with one attached hydrogen (secondary N) is 1. The molecule has 0 spiro atoms. The molecule has 0 bridgehead atoms. The maximum Gasteiger partial charge on any atom is 0.358 e. The fourth-order valence-electron chi connectivity index (χ4n) is 1.72. The van der Waals surface area contributed by atoms with Crippen LogP contribution in [0.25, 0.3) is 0 Å². The molecule has 92 valence electrons. The Balaban J connectivity index is 1.95. The molecule has 1 N–H and O–H groups in total. The summed E-state index contributed by atoms with van der Waals surface area (Å²) >= 11 is 0. The summed E-state index contributed by atoms with van der Waals surface area (Å²) in [5.74, 6) is 0.108. The number of hydrogen-bond donors (Lipinski definition) is 1.